The van der Waals surface area contributed by atoms with Crippen LogP contribution in [0.2, 0.25) is 0 Å². The fourth-order valence-corrected chi connectivity index (χ4v) is 2.46. The van der Waals surface area contributed by atoms with Gasteiger partial charge in [0.2, 0.25) is 5.91 Å². The zero-order valence-electron chi connectivity index (χ0n) is 17.4. The Hall–Kier alpha value is -0.840. The van der Waals surface area contributed by atoms with Crippen LogP contribution >= 0.6 is 7.82 Å². The van der Waals surface area contributed by atoms with Gasteiger partial charge in [-0.1, -0.05) is 6.58 Å². The first kappa shape index (κ1) is 27.2. The van der Waals surface area contributed by atoms with Crippen molar-refractivity contribution >= 4 is 13.7 Å². The summed E-state index contributed by atoms with van der Waals surface area (Å²) in [5, 5.41) is 5.67. The van der Waals surface area contributed by atoms with Crippen LogP contribution in [-0.2, 0) is 27.9 Å². The molecule has 0 radical (unpaired) electrons. The number of nitrogens with zero attached hydrogens (tertiary/aromatic N) is 1. The minimum absolute atomic E-state index is 0.0778. The second-order valence-corrected chi connectivity index (χ2v) is 8.43. The molecule has 0 rings (SSSR count). The summed E-state index contributed by atoms with van der Waals surface area (Å²) >= 11 is 0. The highest BCUT2D eigenvalue weighted by atomic mass is 31.2. The summed E-state index contributed by atoms with van der Waals surface area (Å²) < 4.78 is 32.9. The Labute approximate surface area is 168 Å². The second kappa shape index (κ2) is 16.0. The van der Waals surface area contributed by atoms with Crippen molar-refractivity contribution in [2.45, 2.75) is 6.42 Å². The summed E-state index contributed by atoms with van der Waals surface area (Å²) in [5.74, 6) is -0.209. The van der Waals surface area contributed by atoms with E-state index in [9.17, 15) is 14.3 Å². The molecule has 0 heterocycles. The van der Waals surface area contributed by atoms with E-state index < -0.39 is 7.82 Å². The van der Waals surface area contributed by atoms with Crippen molar-refractivity contribution < 1.29 is 37.3 Å². The van der Waals surface area contributed by atoms with Gasteiger partial charge in [-0.3, -0.25) is 13.8 Å². The molecule has 0 aromatic heterocycles. The molecule has 0 spiro atoms. The number of quaternary nitrogens is 1. The molecule has 0 fully saturated rings. The van der Waals surface area contributed by atoms with Gasteiger partial charge in [-0.25, -0.2) is 4.57 Å². The summed E-state index contributed by atoms with van der Waals surface area (Å²) in [6, 6.07) is 0. The highest BCUT2D eigenvalue weighted by molar-refractivity contribution is 7.47. The molecule has 0 aliphatic rings. The van der Waals surface area contributed by atoms with Gasteiger partial charge >= 0.3 is 7.82 Å². The molecule has 0 bridgehead atoms. The Morgan fingerprint density at radius 2 is 1.57 bits per heavy atom. The monoisotopic (exact) mass is 426 g/mol. The maximum Gasteiger partial charge on any atom is 0.472 e. The van der Waals surface area contributed by atoms with Crippen LogP contribution in [0.25, 0.3) is 0 Å². The molecule has 11 heteroatoms. The van der Waals surface area contributed by atoms with Crippen LogP contribution in [0.15, 0.2) is 12.7 Å². The summed E-state index contributed by atoms with van der Waals surface area (Å²) in [4.78, 5) is 20.4. The van der Waals surface area contributed by atoms with Crippen LogP contribution in [0.4, 0.5) is 0 Å². The normalized spacial score (nSPS) is 13.9. The second-order valence-electron chi connectivity index (χ2n) is 6.97. The predicted octanol–water partition coefficient (Wildman–Crippen LogP) is 0.141. The number of phosphoric acid groups is 1. The fourth-order valence-electron chi connectivity index (χ4n) is 1.76. The van der Waals surface area contributed by atoms with Gasteiger partial charge in [-0.15, -0.1) is 0 Å². The van der Waals surface area contributed by atoms with Crippen LogP contribution in [0.5, 0.6) is 0 Å². The molecule has 3 N–H and O–H groups in total. The van der Waals surface area contributed by atoms with E-state index in [4.69, 9.17) is 18.5 Å². The first-order chi connectivity index (χ1) is 13.2. The molecule has 0 saturated carbocycles. The van der Waals surface area contributed by atoms with Crippen molar-refractivity contribution in [2.75, 3.05) is 87.0 Å². The minimum Gasteiger partial charge on any atom is -0.380 e. The summed E-state index contributed by atoms with van der Waals surface area (Å²) in [5.41, 5.74) is 0. The topological polar surface area (TPSA) is 115 Å². The molecule has 1 unspecified atom stereocenters. The van der Waals surface area contributed by atoms with Gasteiger partial charge in [0.05, 0.1) is 41.0 Å². The van der Waals surface area contributed by atoms with Crippen LogP contribution in [0.1, 0.15) is 6.42 Å². The number of nitrogens with one attached hydrogen (secondary N) is 2. The lowest BCUT2D eigenvalue weighted by molar-refractivity contribution is -0.870. The van der Waals surface area contributed by atoms with Gasteiger partial charge in [-0.05, 0) is 12.5 Å². The number of likely N-dealkylation sites (N-methyl/N-ethyl adjacent to an activating group) is 1. The first-order valence-corrected chi connectivity index (χ1v) is 10.8. The Morgan fingerprint density at radius 1 is 1.00 bits per heavy atom. The molecule has 10 nitrogen and oxygen atoms in total. The zero-order valence-corrected chi connectivity index (χ0v) is 18.2. The quantitative estimate of drug-likeness (QED) is 0.116. The number of carbonyl (C=O) groups is 1. The lowest BCUT2D eigenvalue weighted by atomic mass is 10.5. The maximum absolute atomic E-state index is 11.7. The van der Waals surface area contributed by atoms with E-state index in [0.29, 0.717) is 57.1 Å². The minimum atomic E-state index is -3.99. The molecule has 0 aliphatic carbocycles. The molecule has 0 aromatic rings. The van der Waals surface area contributed by atoms with E-state index in [0.717, 1.165) is 6.42 Å². The van der Waals surface area contributed by atoms with Crippen molar-refractivity contribution in [3.05, 3.63) is 12.7 Å². The molecular weight excluding hydrogens is 389 g/mol. The highest BCUT2D eigenvalue weighted by Crippen LogP contribution is 2.42. The van der Waals surface area contributed by atoms with E-state index in [1.807, 2.05) is 21.1 Å². The van der Waals surface area contributed by atoms with Crippen LogP contribution in [0, 0.1) is 0 Å². The standard InChI is InChI=1S/C17H36N3O7P/c1-5-17(21)19-9-14-25-12-6-11-24-13-7-18-8-15-26-28(22,23)27-16-10-20(2,3)4/h5,18H,1,6-16H2,2-4H3,(H-,19,21,22,23)/p+1. The molecular formula is C17H37N3O7P+. The number of hydrogen-bond donors (Lipinski definition) is 3. The number of hydrogen-bond acceptors (Lipinski definition) is 7. The molecule has 28 heavy (non-hydrogen) atoms. The molecule has 166 valence electrons. The Bertz CT molecular complexity index is 472. The van der Waals surface area contributed by atoms with E-state index in [1.165, 1.54) is 6.08 Å². The average Bonchev–Trinajstić information content (AvgIpc) is 2.60. The predicted molar refractivity (Wildman–Crippen MR) is 107 cm³/mol. The highest BCUT2D eigenvalue weighted by Gasteiger charge is 2.21. The number of rotatable bonds is 19. The lowest BCUT2D eigenvalue weighted by Crippen LogP contribution is -2.37. The van der Waals surface area contributed by atoms with Crippen LogP contribution < -0.4 is 10.6 Å². The van der Waals surface area contributed by atoms with Crippen molar-refractivity contribution in [1.82, 2.24) is 10.6 Å². The molecule has 0 aliphatic heterocycles. The number of phosphoric ester groups is 1. The SMILES string of the molecule is C=CC(=O)NCCOCCCOCCNCCOP(=O)(O)OCC[N+](C)(C)C. The van der Waals surface area contributed by atoms with Crippen molar-refractivity contribution in [3.8, 4) is 0 Å². The molecule has 1 atom stereocenters. The first-order valence-electron chi connectivity index (χ1n) is 9.35. The zero-order chi connectivity index (χ0) is 21.3. The smallest absolute Gasteiger partial charge is 0.380 e. The van der Waals surface area contributed by atoms with Crippen molar-refractivity contribution in [3.63, 3.8) is 0 Å². The van der Waals surface area contributed by atoms with Gasteiger partial charge in [0.25, 0.3) is 0 Å². The Morgan fingerprint density at radius 3 is 2.18 bits per heavy atom. The fraction of sp³-hybridized carbons (Fsp3) is 0.824. The average molecular weight is 426 g/mol. The lowest BCUT2D eigenvalue weighted by Gasteiger charge is -2.24. The molecule has 1 amide bonds. The van der Waals surface area contributed by atoms with E-state index >= 15 is 0 Å². The van der Waals surface area contributed by atoms with E-state index in [1.54, 1.807) is 0 Å². The van der Waals surface area contributed by atoms with Crippen LogP contribution in [0.3, 0.4) is 0 Å². The van der Waals surface area contributed by atoms with Gasteiger partial charge in [0.1, 0.15) is 13.2 Å². The van der Waals surface area contributed by atoms with Gasteiger partial charge in [-0.2, -0.15) is 0 Å². The van der Waals surface area contributed by atoms with Gasteiger partial charge in [0.15, 0.2) is 0 Å². The van der Waals surface area contributed by atoms with Crippen molar-refractivity contribution in [2.24, 2.45) is 0 Å². The third-order valence-corrected chi connectivity index (χ3v) is 4.30. The Balaban J connectivity index is 3.36. The molecule has 0 saturated heterocycles. The van der Waals surface area contributed by atoms with E-state index in [2.05, 4.69) is 17.2 Å². The summed E-state index contributed by atoms with van der Waals surface area (Å²) in [7, 11) is 1.92. The third kappa shape index (κ3) is 19.9. The number of carbonyl (C=O) groups excluding carboxylic acids is 1. The van der Waals surface area contributed by atoms with Crippen LogP contribution in [-0.4, -0.2) is 102 Å². The molecule has 0 aromatic carbocycles. The number of ether oxygens (including phenoxy) is 2. The maximum atomic E-state index is 11.7. The van der Waals surface area contributed by atoms with Gasteiger partial charge < -0.3 is 29.5 Å². The Kier molecular flexibility index (Phi) is 15.5. The summed E-state index contributed by atoms with van der Waals surface area (Å²) in [6.07, 6.45) is 1.98. The third-order valence-electron chi connectivity index (χ3n) is 3.28. The summed E-state index contributed by atoms with van der Waals surface area (Å²) in [6.45, 7) is 7.80. The van der Waals surface area contributed by atoms with Gasteiger partial charge in [0, 0.05) is 32.8 Å². The van der Waals surface area contributed by atoms with Crippen molar-refractivity contribution in [1.29, 1.82) is 0 Å². The number of amides is 1. The van der Waals surface area contributed by atoms with E-state index in [-0.39, 0.29) is 19.1 Å². The largest absolute Gasteiger partial charge is 0.472 e.